The summed E-state index contributed by atoms with van der Waals surface area (Å²) in [6.07, 6.45) is 0. The Balaban J connectivity index is 0.000000691. The molecule has 0 bridgehead atoms. The van der Waals surface area contributed by atoms with Crippen molar-refractivity contribution in [2.45, 2.75) is 60.3 Å². The van der Waals surface area contributed by atoms with E-state index < -0.39 is 0 Å². The number of hydrogen-bond donors (Lipinski definition) is 1. The topological polar surface area (TPSA) is 29.5 Å². The van der Waals surface area contributed by atoms with E-state index >= 15 is 0 Å². The van der Waals surface area contributed by atoms with Crippen molar-refractivity contribution in [3.8, 4) is 11.5 Å². The fourth-order valence-corrected chi connectivity index (χ4v) is 3.60. The summed E-state index contributed by atoms with van der Waals surface area (Å²) in [6, 6.07) is 24.5. The Morgan fingerprint density at radius 1 is 0.733 bits per heavy atom. The minimum Gasteiger partial charge on any atom is -0.508 e. The van der Waals surface area contributed by atoms with Gasteiger partial charge in [-0.15, -0.1) is 0 Å². The monoisotopic (exact) mass is 406 g/mol. The van der Waals surface area contributed by atoms with Gasteiger partial charge in [0.05, 0.1) is 6.61 Å². The van der Waals surface area contributed by atoms with Crippen LogP contribution in [0, 0.1) is 6.92 Å². The van der Waals surface area contributed by atoms with Crippen molar-refractivity contribution in [3.63, 3.8) is 0 Å². The lowest BCUT2D eigenvalue weighted by atomic mass is 9.76. The van der Waals surface area contributed by atoms with Crippen LogP contribution in [0.3, 0.4) is 0 Å². The minimum atomic E-state index is 0.220. The van der Waals surface area contributed by atoms with Gasteiger partial charge in [0, 0.05) is 17.4 Å². The molecule has 0 saturated heterocycles. The summed E-state index contributed by atoms with van der Waals surface area (Å²) in [4.78, 5) is 0. The third-order valence-electron chi connectivity index (χ3n) is 4.80. The highest BCUT2D eigenvalue weighted by atomic mass is 16.5. The van der Waals surface area contributed by atoms with Gasteiger partial charge in [-0.25, -0.2) is 0 Å². The quantitative estimate of drug-likeness (QED) is 0.466. The van der Waals surface area contributed by atoms with Crippen molar-refractivity contribution in [3.05, 3.63) is 95.1 Å². The standard InChI is InChI=1S/C22H20O2.3C2H6/c1-15-7-12-19-21(13-15)24-14-20(16-5-3-2-4-6-16)22(19)17-8-10-18(23)11-9-17;3*1-2/h2-13,20,22-23H,14H2,1H3;3*1-2H3/t20-,22-;;;/m1.../s1. The Morgan fingerprint density at radius 2 is 1.33 bits per heavy atom. The van der Waals surface area contributed by atoms with E-state index in [1.54, 1.807) is 12.1 Å². The van der Waals surface area contributed by atoms with Crippen LogP contribution in [-0.2, 0) is 0 Å². The van der Waals surface area contributed by atoms with Gasteiger partial charge in [0.2, 0.25) is 0 Å². The predicted octanol–water partition coefficient (Wildman–Crippen LogP) is 8.09. The SMILES string of the molecule is CC.CC.CC.Cc1ccc2c(c1)OC[C@H](c1ccccc1)[C@@H]2c1ccc(O)cc1. The summed E-state index contributed by atoms with van der Waals surface area (Å²) in [5.41, 5.74) is 4.90. The largest absolute Gasteiger partial charge is 0.508 e. The highest BCUT2D eigenvalue weighted by Crippen LogP contribution is 2.46. The lowest BCUT2D eigenvalue weighted by Gasteiger charge is -2.34. The first-order valence-corrected chi connectivity index (χ1v) is 11.3. The van der Waals surface area contributed by atoms with Crippen LogP contribution < -0.4 is 4.74 Å². The Bertz CT molecular complexity index is 838. The Morgan fingerprint density at radius 3 is 1.93 bits per heavy atom. The van der Waals surface area contributed by atoms with E-state index in [0.717, 1.165) is 5.75 Å². The zero-order valence-corrected chi connectivity index (χ0v) is 19.6. The minimum absolute atomic E-state index is 0.220. The molecule has 0 radical (unpaired) electrons. The molecule has 0 amide bonds. The average Bonchev–Trinajstić information content (AvgIpc) is 2.83. The van der Waals surface area contributed by atoms with Gasteiger partial charge in [0.25, 0.3) is 0 Å². The molecule has 1 aliphatic heterocycles. The van der Waals surface area contributed by atoms with Crippen molar-refractivity contribution in [2.24, 2.45) is 0 Å². The molecule has 0 aromatic heterocycles. The third-order valence-corrected chi connectivity index (χ3v) is 4.80. The first-order valence-electron chi connectivity index (χ1n) is 11.3. The number of benzene rings is 3. The highest BCUT2D eigenvalue weighted by Gasteiger charge is 2.33. The molecule has 0 fully saturated rings. The molecule has 2 nitrogen and oxygen atoms in total. The van der Waals surface area contributed by atoms with E-state index in [1.807, 2.05) is 59.7 Å². The summed E-state index contributed by atoms with van der Waals surface area (Å²) in [7, 11) is 0. The van der Waals surface area contributed by atoms with Gasteiger partial charge in [-0.1, -0.05) is 96.1 Å². The smallest absolute Gasteiger partial charge is 0.123 e. The molecule has 4 rings (SSSR count). The number of hydrogen-bond acceptors (Lipinski definition) is 2. The van der Waals surface area contributed by atoms with Crippen LogP contribution >= 0.6 is 0 Å². The molecule has 0 spiro atoms. The summed E-state index contributed by atoms with van der Waals surface area (Å²) in [5, 5.41) is 9.64. The number of phenolic OH excluding ortho intramolecular Hbond substituents is 1. The van der Waals surface area contributed by atoms with E-state index in [1.165, 1.54) is 22.3 Å². The molecule has 0 unspecified atom stereocenters. The third kappa shape index (κ3) is 6.13. The number of ether oxygens (including phenoxy) is 1. The average molecular weight is 407 g/mol. The van der Waals surface area contributed by atoms with Crippen LogP contribution in [0.1, 0.15) is 75.6 Å². The van der Waals surface area contributed by atoms with Crippen LogP contribution in [0.25, 0.3) is 0 Å². The summed E-state index contributed by atoms with van der Waals surface area (Å²) in [5.74, 6) is 1.75. The molecule has 30 heavy (non-hydrogen) atoms. The Kier molecular flexibility index (Phi) is 11.4. The van der Waals surface area contributed by atoms with E-state index in [-0.39, 0.29) is 11.8 Å². The molecule has 1 N–H and O–H groups in total. The molecule has 1 heterocycles. The summed E-state index contributed by atoms with van der Waals surface area (Å²) < 4.78 is 6.10. The lowest BCUT2D eigenvalue weighted by Crippen LogP contribution is -2.25. The van der Waals surface area contributed by atoms with Gasteiger partial charge in [0.1, 0.15) is 11.5 Å². The summed E-state index contributed by atoms with van der Waals surface area (Å²) >= 11 is 0. The lowest BCUT2D eigenvalue weighted by molar-refractivity contribution is 0.249. The normalized spacial score (nSPS) is 16.1. The number of aromatic hydroxyl groups is 1. The maximum absolute atomic E-state index is 9.64. The van der Waals surface area contributed by atoms with Gasteiger partial charge >= 0.3 is 0 Å². The second kappa shape index (κ2) is 13.5. The molecule has 3 aromatic rings. The number of fused-ring (bicyclic) bond motifs is 1. The fraction of sp³-hybridized carbons (Fsp3) is 0.357. The maximum atomic E-state index is 9.64. The molecule has 0 saturated carbocycles. The predicted molar refractivity (Wildman–Crippen MR) is 130 cm³/mol. The Labute approximate surface area is 183 Å². The van der Waals surface area contributed by atoms with Crippen molar-refractivity contribution in [1.82, 2.24) is 0 Å². The van der Waals surface area contributed by atoms with Gasteiger partial charge in [0.15, 0.2) is 0 Å². The van der Waals surface area contributed by atoms with Crippen molar-refractivity contribution >= 4 is 0 Å². The molecule has 162 valence electrons. The van der Waals surface area contributed by atoms with Crippen LogP contribution in [0.4, 0.5) is 0 Å². The number of rotatable bonds is 2. The number of aryl methyl sites for hydroxylation is 1. The first kappa shape index (κ1) is 25.3. The van der Waals surface area contributed by atoms with E-state index in [9.17, 15) is 5.11 Å². The molecule has 2 atom stereocenters. The molecule has 3 aromatic carbocycles. The van der Waals surface area contributed by atoms with Crippen molar-refractivity contribution < 1.29 is 9.84 Å². The maximum Gasteiger partial charge on any atom is 0.123 e. The zero-order valence-electron chi connectivity index (χ0n) is 19.6. The molecule has 0 aliphatic carbocycles. The molecular formula is C28H38O2. The number of phenols is 1. The molecule has 1 aliphatic rings. The van der Waals surface area contributed by atoms with Crippen LogP contribution in [0.5, 0.6) is 11.5 Å². The Hall–Kier alpha value is -2.74. The van der Waals surface area contributed by atoms with Crippen LogP contribution in [0.2, 0.25) is 0 Å². The van der Waals surface area contributed by atoms with Gasteiger partial charge in [-0.3, -0.25) is 0 Å². The van der Waals surface area contributed by atoms with Gasteiger partial charge in [-0.2, -0.15) is 0 Å². The second-order valence-electron chi connectivity index (χ2n) is 6.44. The van der Waals surface area contributed by atoms with Crippen LogP contribution in [-0.4, -0.2) is 11.7 Å². The highest BCUT2D eigenvalue weighted by molar-refractivity contribution is 5.49. The fourth-order valence-electron chi connectivity index (χ4n) is 3.60. The van der Waals surface area contributed by atoms with E-state index in [2.05, 4.69) is 49.4 Å². The van der Waals surface area contributed by atoms with Gasteiger partial charge < -0.3 is 9.84 Å². The van der Waals surface area contributed by atoms with Crippen molar-refractivity contribution in [2.75, 3.05) is 6.61 Å². The molecule has 2 heteroatoms. The van der Waals surface area contributed by atoms with E-state index in [4.69, 9.17) is 4.74 Å². The molecular weight excluding hydrogens is 368 g/mol. The van der Waals surface area contributed by atoms with E-state index in [0.29, 0.717) is 12.4 Å². The first-order chi connectivity index (χ1) is 14.7. The van der Waals surface area contributed by atoms with Crippen LogP contribution in [0.15, 0.2) is 72.8 Å². The second-order valence-corrected chi connectivity index (χ2v) is 6.44. The summed E-state index contributed by atoms with van der Waals surface area (Å²) in [6.45, 7) is 14.7. The van der Waals surface area contributed by atoms with Gasteiger partial charge in [-0.05, 0) is 41.8 Å². The van der Waals surface area contributed by atoms with Crippen molar-refractivity contribution in [1.29, 1.82) is 0 Å². The zero-order chi connectivity index (χ0) is 22.5.